The van der Waals surface area contributed by atoms with Gasteiger partial charge in [0.2, 0.25) is 0 Å². The van der Waals surface area contributed by atoms with Gasteiger partial charge in [0.15, 0.2) is 0 Å². The highest BCUT2D eigenvalue weighted by Gasteiger charge is 2.17. The number of aliphatic hydroxyl groups is 1. The predicted octanol–water partition coefficient (Wildman–Crippen LogP) is 0.751. The van der Waals surface area contributed by atoms with E-state index in [1.165, 1.54) is 0 Å². The number of nitrogens with one attached hydrogen (secondary N) is 1. The molecule has 2 N–H and O–H groups in total. The second-order valence-corrected chi connectivity index (χ2v) is 3.40. The highest BCUT2D eigenvalue weighted by Crippen LogP contribution is 2.10. The standard InChI is InChI=1S/C8H17NO3/c1-4-12-7(11)9-5-8(2,3)6-10/h10H,4-6H2,1-3H3,(H,9,11). The number of carbonyl (C=O) groups is 1. The fourth-order valence-electron chi connectivity index (χ4n) is 0.549. The van der Waals surface area contributed by atoms with Crippen LogP contribution in [0.15, 0.2) is 0 Å². The average molecular weight is 175 g/mol. The SMILES string of the molecule is CCOC(=O)NCC(C)(C)CO. The Morgan fingerprint density at radius 1 is 1.58 bits per heavy atom. The minimum atomic E-state index is -0.431. The van der Waals surface area contributed by atoms with E-state index in [1.54, 1.807) is 6.92 Å². The summed E-state index contributed by atoms with van der Waals surface area (Å²) >= 11 is 0. The minimum Gasteiger partial charge on any atom is -0.450 e. The normalized spacial score (nSPS) is 11.0. The smallest absolute Gasteiger partial charge is 0.407 e. The molecule has 0 saturated carbocycles. The zero-order valence-corrected chi connectivity index (χ0v) is 7.89. The van der Waals surface area contributed by atoms with Gasteiger partial charge in [-0.2, -0.15) is 0 Å². The van der Waals surface area contributed by atoms with Crippen LogP contribution in [0.4, 0.5) is 4.79 Å². The fraction of sp³-hybridized carbons (Fsp3) is 0.875. The van der Waals surface area contributed by atoms with Crippen molar-refractivity contribution in [1.29, 1.82) is 0 Å². The van der Waals surface area contributed by atoms with E-state index in [-0.39, 0.29) is 12.0 Å². The Labute approximate surface area is 72.9 Å². The molecule has 0 atom stereocenters. The Balaban J connectivity index is 3.60. The summed E-state index contributed by atoms with van der Waals surface area (Å²) in [6.07, 6.45) is -0.431. The summed E-state index contributed by atoms with van der Waals surface area (Å²) in [5.74, 6) is 0. The Morgan fingerprint density at radius 2 is 2.17 bits per heavy atom. The van der Waals surface area contributed by atoms with Crippen LogP contribution in [0.1, 0.15) is 20.8 Å². The molecule has 0 aliphatic carbocycles. The summed E-state index contributed by atoms with van der Waals surface area (Å²) in [6.45, 7) is 6.29. The zero-order chi connectivity index (χ0) is 9.61. The summed E-state index contributed by atoms with van der Waals surface area (Å²) in [5.41, 5.74) is -0.285. The number of hydrogen-bond donors (Lipinski definition) is 2. The van der Waals surface area contributed by atoms with E-state index >= 15 is 0 Å². The van der Waals surface area contributed by atoms with Gasteiger partial charge >= 0.3 is 6.09 Å². The lowest BCUT2D eigenvalue weighted by atomic mass is 9.95. The summed E-state index contributed by atoms with van der Waals surface area (Å²) in [6, 6.07) is 0. The third-order valence-electron chi connectivity index (χ3n) is 1.41. The zero-order valence-electron chi connectivity index (χ0n) is 7.89. The van der Waals surface area contributed by atoms with Gasteiger partial charge in [0.1, 0.15) is 0 Å². The number of hydrogen-bond acceptors (Lipinski definition) is 3. The van der Waals surface area contributed by atoms with Crippen LogP contribution in [0.25, 0.3) is 0 Å². The van der Waals surface area contributed by atoms with Crippen LogP contribution in [-0.2, 0) is 4.74 Å². The van der Waals surface area contributed by atoms with Gasteiger partial charge in [-0.3, -0.25) is 0 Å². The van der Waals surface area contributed by atoms with Crippen molar-refractivity contribution in [3.05, 3.63) is 0 Å². The topological polar surface area (TPSA) is 58.6 Å². The molecule has 0 aromatic heterocycles. The molecule has 0 fully saturated rings. The van der Waals surface area contributed by atoms with Crippen LogP contribution < -0.4 is 5.32 Å². The number of amides is 1. The van der Waals surface area contributed by atoms with Crippen LogP contribution in [-0.4, -0.2) is 31.0 Å². The third-order valence-corrected chi connectivity index (χ3v) is 1.41. The maximum atomic E-state index is 10.8. The van der Waals surface area contributed by atoms with Crippen LogP contribution in [0.2, 0.25) is 0 Å². The number of aliphatic hydroxyl groups excluding tert-OH is 1. The highest BCUT2D eigenvalue weighted by atomic mass is 16.5. The number of alkyl carbamates (subject to hydrolysis) is 1. The second kappa shape index (κ2) is 4.98. The Bertz CT molecular complexity index is 145. The summed E-state index contributed by atoms with van der Waals surface area (Å²) < 4.78 is 4.65. The summed E-state index contributed by atoms with van der Waals surface area (Å²) in [4.78, 5) is 10.8. The maximum Gasteiger partial charge on any atom is 0.407 e. The predicted molar refractivity (Wildman–Crippen MR) is 45.9 cm³/mol. The molecule has 0 aromatic rings. The van der Waals surface area contributed by atoms with E-state index in [4.69, 9.17) is 5.11 Å². The van der Waals surface area contributed by atoms with Crippen molar-refractivity contribution in [3.8, 4) is 0 Å². The first-order chi connectivity index (χ1) is 5.52. The van der Waals surface area contributed by atoms with E-state index < -0.39 is 6.09 Å². The van der Waals surface area contributed by atoms with Crippen LogP contribution in [0.5, 0.6) is 0 Å². The van der Waals surface area contributed by atoms with Crippen molar-refractivity contribution in [2.75, 3.05) is 19.8 Å². The van der Waals surface area contributed by atoms with Gasteiger partial charge in [0, 0.05) is 18.6 Å². The molecule has 0 saturated heterocycles. The molecule has 0 rings (SSSR count). The Kier molecular flexibility index (Phi) is 4.66. The van der Waals surface area contributed by atoms with Gasteiger partial charge in [0.05, 0.1) is 6.61 Å². The fourth-order valence-corrected chi connectivity index (χ4v) is 0.549. The van der Waals surface area contributed by atoms with E-state index in [0.717, 1.165) is 0 Å². The molecule has 0 spiro atoms. The largest absolute Gasteiger partial charge is 0.450 e. The molecule has 4 nitrogen and oxygen atoms in total. The second-order valence-electron chi connectivity index (χ2n) is 3.40. The lowest BCUT2D eigenvalue weighted by Gasteiger charge is -2.21. The molecule has 0 aromatic carbocycles. The monoisotopic (exact) mass is 175 g/mol. The van der Waals surface area contributed by atoms with Crippen molar-refractivity contribution in [3.63, 3.8) is 0 Å². The van der Waals surface area contributed by atoms with Crippen molar-refractivity contribution >= 4 is 6.09 Å². The number of rotatable bonds is 4. The Hall–Kier alpha value is -0.770. The molecule has 0 aliphatic heterocycles. The molecule has 0 heterocycles. The summed E-state index contributed by atoms with van der Waals surface area (Å²) in [5, 5.41) is 11.4. The number of carbonyl (C=O) groups excluding carboxylic acids is 1. The highest BCUT2D eigenvalue weighted by molar-refractivity contribution is 5.67. The minimum absolute atomic E-state index is 0.0411. The van der Waals surface area contributed by atoms with Gasteiger partial charge in [0.25, 0.3) is 0 Å². The van der Waals surface area contributed by atoms with Gasteiger partial charge in [-0.15, -0.1) is 0 Å². The van der Waals surface area contributed by atoms with Crippen LogP contribution in [0, 0.1) is 5.41 Å². The van der Waals surface area contributed by atoms with Crippen molar-refractivity contribution < 1.29 is 14.6 Å². The molecular formula is C8H17NO3. The lowest BCUT2D eigenvalue weighted by molar-refractivity contribution is 0.130. The summed E-state index contributed by atoms with van der Waals surface area (Å²) in [7, 11) is 0. The van der Waals surface area contributed by atoms with E-state index in [1.807, 2.05) is 13.8 Å². The first-order valence-corrected chi connectivity index (χ1v) is 4.03. The van der Waals surface area contributed by atoms with E-state index in [0.29, 0.717) is 13.2 Å². The quantitative estimate of drug-likeness (QED) is 0.663. The van der Waals surface area contributed by atoms with Crippen molar-refractivity contribution in [2.45, 2.75) is 20.8 Å². The molecule has 0 bridgehead atoms. The van der Waals surface area contributed by atoms with E-state index in [2.05, 4.69) is 10.1 Å². The molecule has 1 amide bonds. The first kappa shape index (κ1) is 11.2. The van der Waals surface area contributed by atoms with Gasteiger partial charge in [-0.1, -0.05) is 13.8 Å². The third kappa shape index (κ3) is 4.96. The molecular weight excluding hydrogens is 158 g/mol. The maximum absolute atomic E-state index is 10.8. The van der Waals surface area contributed by atoms with Gasteiger partial charge < -0.3 is 15.2 Å². The van der Waals surface area contributed by atoms with Gasteiger partial charge in [-0.25, -0.2) is 4.79 Å². The first-order valence-electron chi connectivity index (χ1n) is 4.03. The molecule has 0 unspecified atom stereocenters. The molecule has 0 radical (unpaired) electrons. The van der Waals surface area contributed by atoms with Crippen molar-refractivity contribution in [1.82, 2.24) is 5.32 Å². The van der Waals surface area contributed by atoms with Crippen molar-refractivity contribution in [2.24, 2.45) is 5.41 Å². The average Bonchev–Trinajstić information content (AvgIpc) is 2.02. The molecule has 72 valence electrons. The molecule has 4 heteroatoms. The van der Waals surface area contributed by atoms with Gasteiger partial charge in [-0.05, 0) is 6.92 Å². The molecule has 12 heavy (non-hydrogen) atoms. The molecule has 0 aliphatic rings. The Morgan fingerprint density at radius 3 is 2.58 bits per heavy atom. The number of ether oxygens (including phenoxy) is 1. The lowest BCUT2D eigenvalue weighted by Crippen LogP contribution is -2.36. The van der Waals surface area contributed by atoms with Crippen LogP contribution in [0.3, 0.4) is 0 Å². The van der Waals surface area contributed by atoms with Crippen LogP contribution >= 0.6 is 0 Å². The van der Waals surface area contributed by atoms with E-state index in [9.17, 15) is 4.79 Å².